The summed E-state index contributed by atoms with van der Waals surface area (Å²) in [5.41, 5.74) is 1.68. The van der Waals surface area contributed by atoms with Crippen molar-refractivity contribution in [3.63, 3.8) is 0 Å². The Bertz CT molecular complexity index is 805. The first-order valence-corrected chi connectivity index (χ1v) is 10.1. The van der Waals surface area contributed by atoms with Crippen LogP contribution in [-0.4, -0.2) is 46.1 Å². The fourth-order valence-corrected chi connectivity index (χ4v) is 4.18. The Morgan fingerprint density at radius 1 is 1.29 bits per heavy atom. The van der Waals surface area contributed by atoms with Crippen molar-refractivity contribution in [2.75, 3.05) is 18.4 Å². The van der Waals surface area contributed by atoms with E-state index >= 15 is 0 Å². The quantitative estimate of drug-likeness (QED) is 0.811. The van der Waals surface area contributed by atoms with Gasteiger partial charge < -0.3 is 15.1 Å². The van der Waals surface area contributed by atoms with E-state index in [-0.39, 0.29) is 11.8 Å². The molecule has 2 aliphatic heterocycles. The molecular formula is C21H26N4O3. The summed E-state index contributed by atoms with van der Waals surface area (Å²) in [6.07, 6.45) is 12.6. The van der Waals surface area contributed by atoms with E-state index in [1.807, 2.05) is 4.90 Å². The van der Waals surface area contributed by atoms with E-state index in [0.717, 1.165) is 32.2 Å². The van der Waals surface area contributed by atoms with Crippen molar-refractivity contribution < 1.29 is 14.4 Å². The molecule has 1 saturated heterocycles. The number of pyridine rings is 1. The average Bonchev–Trinajstić information content (AvgIpc) is 3.13. The number of hydrogen-bond donors (Lipinski definition) is 1. The summed E-state index contributed by atoms with van der Waals surface area (Å²) in [4.78, 5) is 36.9. The third-order valence-electron chi connectivity index (χ3n) is 5.68. The van der Waals surface area contributed by atoms with Crippen LogP contribution in [0.4, 0.5) is 5.69 Å². The van der Waals surface area contributed by atoms with Crippen molar-refractivity contribution in [3.05, 3.63) is 36.2 Å². The van der Waals surface area contributed by atoms with Gasteiger partial charge >= 0.3 is 0 Å². The maximum Gasteiger partial charge on any atom is 0.273 e. The molecule has 3 aliphatic rings. The number of likely N-dealkylation sites (tertiary alicyclic amines) is 1. The molecule has 1 atom stereocenters. The first-order chi connectivity index (χ1) is 13.6. The maximum absolute atomic E-state index is 12.8. The van der Waals surface area contributed by atoms with E-state index < -0.39 is 5.60 Å². The van der Waals surface area contributed by atoms with Gasteiger partial charge in [-0.25, -0.2) is 0 Å². The Balaban J connectivity index is 1.34. The zero-order chi connectivity index (χ0) is 19.4. The predicted molar refractivity (Wildman–Crippen MR) is 106 cm³/mol. The molecule has 4 rings (SSSR count). The summed E-state index contributed by atoms with van der Waals surface area (Å²) in [6.45, 7) is 1.24. The molecule has 0 aromatic carbocycles. The third kappa shape index (κ3) is 4.24. The second-order valence-corrected chi connectivity index (χ2v) is 7.89. The number of hydrogen-bond acceptors (Lipinski definition) is 5. The maximum atomic E-state index is 12.8. The van der Waals surface area contributed by atoms with E-state index in [4.69, 9.17) is 4.84 Å². The van der Waals surface area contributed by atoms with Crippen molar-refractivity contribution in [2.24, 2.45) is 5.16 Å². The number of oxime groups is 1. The Kier molecular flexibility index (Phi) is 5.41. The zero-order valence-electron chi connectivity index (χ0n) is 16.0. The zero-order valence-corrected chi connectivity index (χ0v) is 16.0. The van der Waals surface area contributed by atoms with Crippen LogP contribution in [0.15, 0.2) is 41.3 Å². The fraction of sp³-hybridized carbons (Fsp3) is 0.524. The van der Waals surface area contributed by atoms with Gasteiger partial charge in [-0.15, -0.1) is 0 Å². The van der Waals surface area contributed by atoms with Gasteiger partial charge in [0.15, 0.2) is 5.60 Å². The minimum atomic E-state index is -0.573. The molecule has 1 fully saturated rings. The Morgan fingerprint density at radius 2 is 2.21 bits per heavy atom. The first kappa shape index (κ1) is 18.7. The Labute approximate surface area is 164 Å². The van der Waals surface area contributed by atoms with Gasteiger partial charge in [0.05, 0.1) is 18.4 Å². The molecule has 3 heterocycles. The van der Waals surface area contributed by atoms with Crippen LogP contribution >= 0.6 is 0 Å². The lowest BCUT2D eigenvalue weighted by Gasteiger charge is -2.38. The van der Waals surface area contributed by atoms with Crippen molar-refractivity contribution in [1.82, 2.24) is 9.88 Å². The second-order valence-electron chi connectivity index (χ2n) is 7.89. The number of allylic oxidation sites excluding steroid dienone is 1. The second kappa shape index (κ2) is 8.12. The largest absolute Gasteiger partial charge is 0.386 e. The van der Waals surface area contributed by atoms with Gasteiger partial charge in [-0.1, -0.05) is 16.8 Å². The van der Waals surface area contributed by atoms with Crippen molar-refractivity contribution in [3.8, 4) is 0 Å². The topological polar surface area (TPSA) is 83.9 Å². The summed E-state index contributed by atoms with van der Waals surface area (Å²) < 4.78 is 0. The van der Waals surface area contributed by atoms with Gasteiger partial charge in [-0.2, -0.15) is 0 Å². The van der Waals surface area contributed by atoms with Gasteiger partial charge in [0, 0.05) is 25.6 Å². The standard InChI is InChI=1S/C21H26N4O3/c26-19(12-16-6-2-1-3-7-16)25-11-5-9-21(15-25)13-18(24-28-21)20(27)23-17-8-4-10-22-14-17/h4,6,8,10,14H,1-3,5,7,9,11-13,15H2,(H,23,27). The number of amides is 2. The van der Waals surface area contributed by atoms with Crippen molar-refractivity contribution in [2.45, 2.75) is 57.0 Å². The first-order valence-electron chi connectivity index (χ1n) is 10.1. The number of carbonyl (C=O) groups excluding carboxylic acids is 2. The van der Waals surface area contributed by atoms with Gasteiger partial charge in [-0.05, 0) is 50.7 Å². The molecular weight excluding hydrogens is 356 g/mol. The molecule has 0 bridgehead atoms. The minimum Gasteiger partial charge on any atom is -0.386 e. The van der Waals surface area contributed by atoms with Crippen LogP contribution in [0.5, 0.6) is 0 Å². The Hall–Kier alpha value is -2.70. The molecule has 0 radical (unpaired) electrons. The number of aromatic nitrogens is 1. The molecule has 1 aromatic rings. The smallest absolute Gasteiger partial charge is 0.273 e. The molecule has 7 heteroatoms. The summed E-state index contributed by atoms with van der Waals surface area (Å²) in [5, 5.41) is 6.85. The molecule has 1 N–H and O–H groups in total. The van der Waals surface area contributed by atoms with Crippen LogP contribution in [0.1, 0.15) is 51.4 Å². The highest BCUT2D eigenvalue weighted by Gasteiger charge is 2.45. The number of nitrogens with one attached hydrogen (secondary N) is 1. The Morgan fingerprint density at radius 3 is 3.00 bits per heavy atom. The van der Waals surface area contributed by atoms with E-state index in [2.05, 4.69) is 21.5 Å². The highest BCUT2D eigenvalue weighted by atomic mass is 16.7. The minimum absolute atomic E-state index is 0.157. The van der Waals surface area contributed by atoms with Crippen LogP contribution in [-0.2, 0) is 14.4 Å². The van der Waals surface area contributed by atoms with Crippen molar-refractivity contribution >= 4 is 23.2 Å². The highest BCUT2D eigenvalue weighted by Crippen LogP contribution is 2.34. The van der Waals surface area contributed by atoms with Crippen molar-refractivity contribution in [1.29, 1.82) is 0 Å². The number of anilines is 1. The van der Waals surface area contributed by atoms with Gasteiger partial charge in [-0.3, -0.25) is 14.6 Å². The molecule has 28 heavy (non-hydrogen) atoms. The van der Waals surface area contributed by atoms with Gasteiger partial charge in [0.25, 0.3) is 5.91 Å². The number of rotatable bonds is 4. The van der Waals surface area contributed by atoms with E-state index in [1.54, 1.807) is 24.5 Å². The van der Waals surface area contributed by atoms with Crippen LogP contribution < -0.4 is 5.32 Å². The highest BCUT2D eigenvalue weighted by molar-refractivity contribution is 6.43. The number of carbonyl (C=O) groups is 2. The summed E-state index contributed by atoms with van der Waals surface area (Å²) in [5.74, 6) is -0.121. The predicted octanol–water partition coefficient (Wildman–Crippen LogP) is 3.05. The molecule has 2 amide bonds. The molecule has 1 unspecified atom stereocenters. The fourth-order valence-electron chi connectivity index (χ4n) is 4.18. The monoisotopic (exact) mass is 382 g/mol. The lowest BCUT2D eigenvalue weighted by Crippen LogP contribution is -2.50. The molecule has 148 valence electrons. The average molecular weight is 382 g/mol. The summed E-state index contributed by atoms with van der Waals surface area (Å²) >= 11 is 0. The van der Waals surface area contributed by atoms with Gasteiger partial charge in [0.2, 0.25) is 5.91 Å². The van der Waals surface area contributed by atoms with Gasteiger partial charge in [0.1, 0.15) is 5.71 Å². The van der Waals surface area contributed by atoms with Crippen LogP contribution in [0.3, 0.4) is 0 Å². The SMILES string of the molecule is O=C(Nc1cccnc1)C1=NOC2(CCCN(C(=O)CC3=CCCCC3)C2)C1. The lowest BCUT2D eigenvalue weighted by molar-refractivity contribution is -0.140. The van der Waals surface area contributed by atoms with Crippen LogP contribution in [0, 0.1) is 0 Å². The lowest BCUT2D eigenvalue weighted by atomic mass is 9.87. The summed E-state index contributed by atoms with van der Waals surface area (Å²) in [7, 11) is 0. The number of piperidine rings is 1. The normalized spacial score (nSPS) is 24.4. The summed E-state index contributed by atoms with van der Waals surface area (Å²) in [6, 6.07) is 3.54. The van der Waals surface area contributed by atoms with E-state index in [0.29, 0.717) is 30.8 Å². The molecule has 1 aliphatic carbocycles. The number of nitrogens with zero attached hydrogens (tertiary/aromatic N) is 3. The molecule has 0 saturated carbocycles. The molecule has 1 spiro atoms. The van der Waals surface area contributed by atoms with E-state index in [1.165, 1.54) is 18.4 Å². The third-order valence-corrected chi connectivity index (χ3v) is 5.68. The van der Waals surface area contributed by atoms with Crippen LogP contribution in [0.25, 0.3) is 0 Å². The van der Waals surface area contributed by atoms with Crippen LogP contribution in [0.2, 0.25) is 0 Å². The molecule has 1 aromatic heterocycles. The molecule has 7 nitrogen and oxygen atoms in total. The van der Waals surface area contributed by atoms with E-state index in [9.17, 15) is 9.59 Å².